The maximum absolute atomic E-state index is 4.36. The molecule has 0 spiro atoms. The zero-order valence-corrected chi connectivity index (χ0v) is 8.30. The molecule has 0 aliphatic heterocycles. The minimum Gasteiger partial charge on any atom is -0.365 e. The quantitative estimate of drug-likeness (QED) is 0.789. The molecule has 4 nitrogen and oxygen atoms in total. The Labute approximate surface area is 80.3 Å². The number of hydrogen-bond acceptors (Lipinski definition) is 4. The molecular weight excluding hydrogens is 184 g/mol. The number of aromatic nitrogens is 3. The van der Waals surface area contributed by atoms with E-state index in [4.69, 9.17) is 0 Å². The summed E-state index contributed by atoms with van der Waals surface area (Å²) in [5.74, 6) is 0.901. The first kappa shape index (κ1) is 8.25. The molecule has 0 aliphatic carbocycles. The van der Waals surface area contributed by atoms with Crippen LogP contribution in [0.3, 0.4) is 0 Å². The SMILES string of the molecule is CNc1nc(-c2nccn2C)cs1. The largest absolute Gasteiger partial charge is 0.365 e. The average molecular weight is 194 g/mol. The fraction of sp³-hybridized carbons (Fsp3) is 0.250. The van der Waals surface area contributed by atoms with Crippen molar-refractivity contribution >= 4 is 16.5 Å². The van der Waals surface area contributed by atoms with Gasteiger partial charge in [-0.2, -0.15) is 0 Å². The second-order valence-corrected chi connectivity index (χ2v) is 3.51. The van der Waals surface area contributed by atoms with Crippen LogP contribution in [0.15, 0.2) is 17.8 Å². The molecule has 0 saturated heterocycles. The van der Waals surface area contributed by atoms with Crippen LogP contribution in [-0.2, 0) is 7.05 Å². The molecule has 1 N–H and O–H groups in total. The fourth-order valence-corrected chi connectivity index (χ4v) is 1.75. The van der Waals surface area contributed by atoms with Crippen LogP contribution in [0.1, 0.15) is 0 Å². The molecule has 5 heteroatoms. The van der Waals surface area contributed by atoms with Gasteiger partial charge in [-0.1, -0.05) is 0 Å². The lowest BCUT2D eigenvalue weighted by Crippen LogP contribution is -1.92. The van der Waals surface area contributed by atoms with Crippen molar-refractivity contribution in [2.75, 3.05) is 12.4 Å². The first-order valence-electron chi connectivity index (χ1n) is 3.92. The molecule has 2 rings (SSSR count). The molecule has 0 aliphatic rings. The predicted molar refractivity (Wildman–Crippen MR) is 53.9 cm³/mol. The van der Waals surface area contributed by atoms with Crippen LogP contribution in [0.5, 0.6) is 0 Å². The van der Waals surface area contributed by atoms with Crippen molar-refractivity contribution in [3.05, 3.63) is 17.8 Å². The molecule has 2 aromatic rings. The molecule has 0 radical (unpaired) electrons. The smallest absolute Gasteiger partial charge is 0.183 e. The standard InChI is InChI=1S/C8H10N4S/c1-9-8-11-6(5-13-8)7-10-3-4-12(7)2/h3-5H,1-2H3,(H,9,11). The van der Waals surface area contributed by atoms with E-state index in [9.17, 15) is 0 Å². The number of aryl methyl sites for hydroxylation is 1. The average Bonchev–Trinajstić information content (AvgIpc) is 2.71. The summed E-state index contributed by atoms with van der Waals surface area (Å²) >= 11 is 1.58. The van der Waals surface area contributed by atoms with E-state index < -0.39 is 0 Å². The van der Waals surface area contributed by atoms with Crippen LogP contribution in [0.25, 0.3) is 11.5 Å². The van der Waals surface area contributed by atoms with Gasteiger partial charge in [0.25, 0.3) is 0 Å². The van der Waals surface area contributed by atoms with Crippen LogP contribution in [0.2, 0.25) is 0 Å². The summed E-state index contributed by atoms with van der Waals surface area (Å²) in [7, 11) is 3.82. The van der Waals surface area contributed by atoms with Crippen LogP contribution in [0, 0.1) is 0 Å². The number of imidazole rings is 1. The third-order valence-corrected chi connectivity index (χ3v) is 2.63. The van der Waals surface area contributed by atoms with E-state index in [1.165, 1.54) is 0 Å². The third kappa shape index (κ3) is 1.42. The van der Waals surface area contributed by atoms with Crippen molar-refractivity contribution < 1.29 is 0 Å². The van der Waals surface area contributed by atoms with Crippen LogP contribution in [0.4, 0.5) is 5.13 Å². The first-order chi connectivity index (χ1) is 6.31. The van der Waals surface area contributed by atoms with E-state index >= 15 is 0 Å². The van der Waals surface area contributed by atoms with Crippen LogP contribution in [-0.4, -0.2) is 21.6 Å². The van der Waals surface area contributed by atoms with E-state index in [0.717, 1.165) is 16.6 Å². The van der Waals surface area contributed by atoms with Gasteiger partial charge < -0.3 is 9.88 Å². The Morgan fingerprint density at radius 3 is 2.92 bits per heavy atom. The lowest BCUT2D eigenvalue weighted by atomic mass is 10.5. The molecular formula is C8H10N4S. The summed E-state index contributed by atoms with van der Waals surface area (Å²) in [4.78, 5) is 8.57. The van der Waals surface area contributed by atoms with Crippen molar-refractivity contribution in [3.8, 4) is 11.5 Å². The summed E-state index contributed by atoms with van der Waals surface area (Å²) in [6, 6.07) is 0. The minimum atomic E-state index is 0.901. The maximum Gasteiger partial charge on any atom is 0.183 e. The highest BCUT2D eigenvalue weighted by atomic mass is 32.1. The van der Waals surface area contributed by atoms with E-state index in [-0.39, 0.29) is 0 Å². The van der Waals surface area contributed by atoms with E-state index in [2.05, 4.69) is 15.3 Å². The van der Waals surface area contributed by atoms with Gasteiger partial charge in [-0.15, -0.1) is 11.3 Å². The molecule has 13 heavy (non-hydrogen) atoms. The highest BCUT2D eigenvalue weighted by Gasteiger charge is 2.06. The van der Waals surface area contributed by atoms with Gasteiger partial charge in [0.15, 0.2) is 11.0 Å². The van der Waals surface area contributed by atoms with E-state index in [0.29, 0.717) is 0 Å². The Morgan fingerprint density at radius 1 is 1.54 bits per heavy atom. The highest BCUT2D eigenvalue weighted by Crippen LogP contribution is 2.22. The molecule has 0 unspecified atom stereocenters. The molecule has 0 aromatic carbocycles. The summed E-state index contributed by atoms with van der Waals surface area (Å²) in [6.07, 6.45) is 3.68. The molecule has 0 amide bonds. The number of hydrogen-bond donors (Lipinski definition) is 1. The van der Waals surface area contributed by atoms with Crippen molar-refractivity contribution in [3.63, 3.8) is 0 Å². The summed E-state index contributed by atoms with van der Waals surface area (Å²) in [5.41, 5.74) is 0.918. The maximum atomic E-state index is 4.36. The Kier molecular flexibility index (Phi) is 2.02. The predicted octanol–water partition coefficient (Wildman–Crippen LogP) is 1.59. The summed E-state index contributed by atoms with van der Waals surface area (Å²) < 4.78 is 1.95. The van der Waals surface area contributed by atoms with Gasteiger partial charge in [-0.3, -0.25) is 0 Å². The topological polar surface area (TPSA) is 42.7 Å². The third-order valence-electron chi connectivity index (χ3n) is 1.77. The van der Waals surface area contributed by atoms with Gasteiger partial charge in [0.05, 0.1) is 0 Å². The number of anilines is 1. The van der Waals surface area contributed by atoms with Gasteiger partial charge in [-0.05, 0) is 0 Å². The molecule has 2 heterocycles. The van der Waals surface area contributed by atoms with Gasteiger partial charge in [-0.25, -0.2) is 9.97 Å². The monoisotopic (exact) mass is 194 g/mol. The Balaban J connectivity index is 2.41. The van der Waals surface area contributed by atoms with Crippen molar-refractivity contribution in [1.82, 2.24) is 14.5 Å². The zero-order valence-electron chi connectivity index (χ0n) is 7.48. The van der Waals surface area contributed by atoms with Gasteiger partial charge >= 0.3 is 0 Å². The van der Waals surface area contributed by atoms with Crippen molar-refractivity contribution in [2.45, 2.75) is 0 Å². The highest BCUT2D eigenvalue weighted by molar-refractivity contribution is 7.14. The number of thiazole rings is 1. The Morgan fingerprint density at radius 2 is 2.38 bits per heavy atom. The normalized spacial score (nSPS) is 10.3. The lowest BCUT2D eigenvalue weighted by Gasteiger charge is -1.95. The van der Waals surface area contributed by atoms with Crippen molar-refractivity contribution in [1.29, 1.82) is 0 Å². The molecule has 0 saturated carbocycles. The van der Waals surface area contributed by atoms with Crippen molar-refractivity contribution in [2.24, 2.45) is 7.05 Å². The van der Waals surface area contributed by atoms with E-state index in [1.807, 2.05) is 30.2 Å². The minimum absolute atomic E-state index is 0.901. The second-order valence-electron chi connectivity index (χ2n) is 2.65. The second kappa shape index (κ2) is 3.18. The van der Waals surface area contributed by atoms with E-state index in [1.54, 1.807) is 17.5 Å². The molecule has 0 bridgehead atoms. The number of rotatable bonds is 2. The van der Waals surface area contributed by atoms with Gasteiger partial charge in [0.2, 0.25) is 0 Å². The molecule has 0 atom stereocenters. The Hall–Kier alpha value is -1.36. The molecule has 0 fully saturated rings. The van der Waals surface area contributed by atoms with Crippen LogP contribution < -0.4 is 5.32 Å². The number of nitrogens with one attached hydrogen (secondary N) is 1. The van der Waals surface area contributed by atoms with Gasteiger partial charge in [0.1, 0.15) is 5.69 Å². The number of nitrogens with zero attached hydrogens (tertiary/aromatic N) is 3. The molecule has 2 aromatic heterocycles. The fourth-order valence-electron chi connectivity index (χ4n) is 1.10. The van der Waals surface area contributed by atoms with Gasteiger partial charge in [0, 0.05) is 31.9 Å². The lowest BCUT2D eigenvalue weighted by molar-refractivity contribution is 0.920. The first-order valence-corrected chi connectivity index (χ1v) is 4.80. The summed E-state index contributed by atoms with van der Waals surface area (Å²) in [5, 5.41) is 5.91. The Bertz CT molecular complexity index is 404. The zero-order chi connectivity index (χ0) is 9.26. The summed E-state index contributed by atoms with van der Waals surface area (Å²) in [6.45, 7) is 0. The van der Waals surface area contributed by atoms with Crippen LogP contribution >= 0.6 is 11.3 Å². The molecule has 68 valence electrons.